The average Bonchev–Trinajstić information content (AvgIpc) is 2.08. The van der Waals surface area contributed by atoms with Gasteiger partial charge in [-0.3, -0.25) is 0 Å². The van der Waals surface area contributed by atoms with Crippen molar-refractivity contribution in [2.45, 2.75) is 6.10 Å². The van der Waals surface area contributed by atoms with Crippen LogP contribution in [0.25, 0.3) is 0 Å². The second-order valence-electron chi connectivity index (χ2n) is 2.63. The van der Waals surface area contributed by atoms with E-state index in [4.69, 9.17) is 24.9 Å². The largest absolute Gasteiger partial charge is 0.382 e. The van der Waals surface area contributed by atoms with E-state index < -0.39 is 9.05 Å². The lowest BCUT2D eigenvalue weighted by Crippen LogP contribution is -2.24. The Labute approximate surface area is 88.7 Å². The third-order valence-corrected chi connectivity index (χ3v) is 2.58. The Balaban J connectivity index is 3.52. The van der Waals surface area contributed by atoms with Gasteiger partial charge in [-0.05, 0) is 0 Å². The Morgan fingerprint density at radius 1 is 1.29 bits per heavy atom. The predicted octanol–water partition coefficient (Wildman–Crippen LogP) is 0.233. The molecular formula is C7H15ClO5S. The maximum Gasteiger partial charge on any atom is 0.234 e. The van der Waals surface area contributed by atoms with E-state index in [-0.39, 0.29) is 25.1 Å². The predicted molar refractivity (Wildman–Crippen MR) is 53.1 cm³/mol. The van der Waals surface area contributed by atoms with Crippen LogP contribution >= 0.6 is 10.7 Å². The van der Waals surface area contributed by atoms with Crippen LogP contribution < -0.4 is 0 Å². The van der Waals surface area contributed by atoms with Gasteiger partial charge >= 0.3 is 0 Å². The minimum Gasteiger partial charge on any atom is -0.382 e. The highest BCUT2D eigenvalue weighted by Crippen LogP contribution is 1.97. The van der Waals surface area contributed by atoms with Crippen molar-refractivity contribution in [3.8, 4) is 0 Å². The van der Waals surface area contributed by atoms with Crippen molar-refractivity contribution in [3.05, 3.63) is 0 Å². The molecule has 0 fully saturated rings. The number of halogens is 1. The van der Waals surface area contributed by atoms with E-state index in [1.165, 1.54) is 7.11 Å². The maximum absolute atomic E-state index is 10.5. The molecule has 0 aromatic carbocycles. The van der Waals surface area contributed by atoms with Gasteiger partial charge in [0.2, 0.25) is 9.05 Å². The number of hydrogen-bond acceptors (Lipinski definition) is 5. The van der Waals surface area contributed by atoms with E-state index in [1.807, 2.05) is 0 Å². The van der Waals surface area contributed by atoms with E-state index in [9.17, 15) is 8.42 Å². The van der Waals surface area contributed by atoms with Crippen molar-refractivity contribution in [2.75, 3.05) is 39.8 Å². The van der Waals surface area contributed by atoms with E-state index in [1.54, 1.807) is 7.11 Å². The first-order valence-corrected chi connectivity index (χ1v) is 6.49. The number of rotatable bonds is 8. The third-order valence-electron chi connectivity index (χ3n) is 1.46. The summed E-state index contributed by atoms with van der Waals surface area (Å²) < 4.78 is 35.9. The van der Waals surface area contributed by atoms with Crippen molar-refractivity contribution >= 4 is 19.7 Å². The first-order valence-electron chi connectivity index (χ1n) is 4.01. The molecule has 0 saturated heterocycles. The highest BCUT2D eigenvalue weighted by atomic mass is 35.7. The first-order chi connectivity index (χ1) is 6.49. The van der Waals surface area contributed by atoms with Crippen LogP contribution in [0.2, 0.25) is 0 Å². The summed E-state index contributed by atoms with van der Waals surface area (Å²) in [6.07, 6.45) is -0.182. The summed E-state index contributed by atoms with van der Waals surface area (Å²) in [6.45, 7) is 0.760. The molecule has 0 aliphatic rings. The van der Waals surface area contributed by atoms with E-state index in [2.05, 4.69) is 0 Å². The quantitative estimate of drug-likeness (QED) is 0.453. The maximum atomic E-state index is 10.5. The normalized spacial score (nSPS) is 14.2. The van der Waals surface area contributed by atoms with Crippen molar-refractivity contribution < 1.29 is 22.6 Å². The minimum atomic E-state index is -3.47. The molecule has 14 heavy (non-hydrogen) atoms. The lowest BCUT2D eigenvalue weighted by atomic mass is 10.4. The van der Waals surface area contributed by atoms with Gasteiger partial charge in [0.15, 0.2) is 0 Å². The number of methoxy groups -OCH3 is 2. The topological polar surface area (TPSA) is 61.8 Å². The van der Waals surface area contributed by atoms with Gasteiger partial charge in [-0.15, -0.1) is 0 Å². The summed E-state index contributed by atoms with van der Waals surface area (Å²) in [5.41, 5.74) is 0. The molecular weight excluding hydrogens is 232 g/mol. The van der Waals surface area contributed by atoms with Gasteiger partial charge in [-0.25, -0.2) is 8.42 Å². The van der Waals surface area contributed by atoms with Gasteiger partial charge in [0.25, 0.3) is 0 Å². The fourth-order valence-electron chi connectivity index (χ4n) is 0.743. The first kappa shape index (κ1) is 14.1. The van der Waals surface area contributed by atoms with E-state index in [0.717, 1.165) is 0 Å². The molecule has 0 aromatic rings. The second kappa shape index (κ2) is 7.42. The van der Waals surface area contributed by atoms with Gasteiger partial charge < -0.3 is 14.2 Å². The molecule has 0 saturated carbocycles. The Morgan fingerprint density at radius 2 is 1.93 bits per heavy atom. The Hall–Kier alpha value is 0.120. The molecule has 0 bridgehead atoms. The molecule has 0 amide bonds. The van der Waals surface area contributed by atoms with Crippen molar-refractivity contribution in [1.29, 1.82) is 0 Å². The zero-order valence-corrected chi connectivity index (χ0v) is 9.81. The summed E-state index contributed by atoms with van der Waals surface area (Å²) in [4.78, 5) is 0. The van der Waals surface area contributed by atoms with Crippen LogP contribution in [0.15, 0.2) is 0 Å². The van der Waals surface area contributed by atoms with Crippen LogP contribution in [0.1, 0.15) is 0 Å². The molecule has 0 aliphatic heterocycles. The van der Waals surface area contributed by atoms with Crippen LogP contribution in [-0.2, 0) is 23.3 Å². The molecule has 0 N–H and O–H groups in total. The third kappa shape index (κ3) is 8.71. The fraction of sp³-hybridized carbons (Fsp3) is 1.00. The van der Waals surface area contributed by atoms with Gasteiger partial charge in [0.05, 0.1) is 25.6 Å². The Kier molecular flexibility index (Phi) is 7.48. The molecule has 7 heteroatoms. The van der Waals surface area contributed by atoms with Crippen molar-refractivity contribution in [2.24, 2.45) is 0 Å². The summed E-state index contributed by atoms with van der Waals surface area (Å²) in [5, 5.41) is 0. The van der Waals surface area contributed by atoms with Crippen molar-refractivity contribution in [3.63, 3.8) is 0 Å². The average molecular weight is 247 g/mol. The summed E-state index contributed by atoms with van der Waals surface area (Å²) in [5.74, 6) is -0.196. The molecule has 1 atom stereocenters. The summed E-state index contributed by atoms with van der Waals surface area (Å²) >= 11 is 0. The molecule has 0 aromatic heterocycles. The van der Waals surface area contributed by atoms with Crippen LogP contribution in [-0.4, -0.2) is 54.3 Å². The molecule has 1 unspecified atom stereocenters. The Bertz CT molecular complexity index is 228. The molecule has 0 radical (unpaired) electrons. The Morgan fingerprint density at radius 3 is 2.36 bits per heavy atom. The van der Waals surface area contributed by atoms with Crippen LogP contribution in [0, 0.1) is 0 Å². The van der Waals surface area contributed by atoms with Gasteiger partial charge in [0, 0.05) is 24.9 Å². The lowest BCUT2D eigenvalue weighted by molar-refractivity contribution is -0.0272. The van der Waals surface area contributed by atoms with Crippen LogP contribution in [0.4, 0.5) is 0 Å². The standard InChI is InChI=1S/C7H15ClO5S/c1-11-5-7(12-2)6-13-3-4-14(8,9)10/h7H,3-6H2,1-2H3. The fourth-order valence-corrected chi connectivity index (χ4v) is 1.25. The van der Waals surface area contributed by atoms with Crippen LogP contribution in [0.3, 0.4) is 0 Å². The monoisotopic (exact) mass is 246 g/mol. The number of ether oxygens (including phenoxy) is 3. The molecule has 86 valence electrons. The van der Waals surface area contributed by atoms with E-state index >= 15 is 0 Å². The smallest absolute Gasteiger partial charge is 0.234 e. The highest BCUT2D eigenvalue weighted by molar-refractivity contribution is 8.13. The second-order valence-corrected chi connectivity index (χ2v) is 5.53. The molecule has 0 aliphatic carbocycles. The summed E-state index contributed by atoms with van der Waals surface area (Å²) in [7, 11) is 4.60. The number of hydrogen-bond donors (Lipinski definition) is 0. The molecule has 0 rings (SSSR count). The van der Waals surface area contributed by atoms with Gasteiger partial charge in [-0.1, -0.05) is 0 Å². The molecule has 0 spiro atoms. The highest BCUT2D eigenvalue weighted by Gasteiger charge is 2.08. The van der Waals surface area contributed by atoms with Crippen LogP contribution in [0.5, 0.6) is 0 Å². The van der Waals surface area contributed by atoms with Gasteiger partial charge in [0.1, 0.15) is 6.10 Å². The zero-order chi connectivity index (χ0) is 11.0. The van der Waals surface area contributed by atoms with E-state index in [0.29, 0.717) is 6.61 Å². The van der Waals surface area contributed by atoms with Crippen molar-refractivity contribution in [1.82, 2.24) is 0 Å². The van der Waals surface area contributed by atoms with Gasteiger partial charge in [-0.2, -0.15) is 0 Å². The molecule has 5 nitrogen and oxygen atoms in total. The zero-order valence-electron chi connectivity index (χ0n) is 8.23. The summed E-state index contributed by atoms with van der Waals surface area (Å²) in [6, 6.07) is 0. The molecule has 0 heterocycles. The lowest BCUT2D eigenvalue weighted by Gasteiger charge is -2.13. The SMILES string of the molecule is COCC(COCCS(=O)(=O)Cl)OC. The minimum absolute atomic E-state index is 0.0649.